The fourth-order valence-electron chi connectivity index (χ4n) is 3.43. The lowest BCUT2D eigenvalue weighted by atomic mass is 9.86. The maximum atomic E-state index is 6.36. The van der Waals surface area contributed by atoms with Crippen molar-refractivity contribution in [3.63, 3.8) is 0 Å². The summed E-state index contributed by atoms with van der Waals surface area (Å²) in [7, 11) is 0. The highest BCUT2D eigenvalue weighted by Crippen LogP contribution is 2.44. The van der Waals surface area contributed by atoms with E-state index in [9.17, 15) is 0 Å². The van der Waals surface area contributed by atoms with Gasteiger partial charge in [0.2, 0.25) is 0 Å². The number of benzene rings is 2. The second-order valence-corrected chi connectivity index (χ2v) is 7.29. The van der Waals surface area contributed by atoms with Gasteiger partial charge in [0.15, 0.2) is 0 Å². The highest BCUT2D eigenvalue weighted by Gasteiger charge is 2.23. The third-order valence-electron chi connectivity index (χ3n) is 4.58. The molecule has 0 saturated heterocycles. The van der Waals surface area contributed by atoms with Crippen LogP contribution in [0.3, 0.4) is 0 Å². The average molecular weight is 293 g/mol. The Morgan fingerprint density at radius 2 is 1.90 bits per heavy atom. The number of nitrogens with two attached hydrogens (primary N) is 1. The van der Waals surface area contributed by atoms with Crippen molar-refractivity contribution in [3.05, 3.63) is 52.9 Å². The van der Waals surface area contributed by atoms with Gasteiger partial charge in [-0.05, 0) is 53.1 Å². The predicted molar refractivity (Wildman–Crippen MR) is 92.9 cm³/mol. The van der Waals surface area contributed by atoms with Crippen molar-refractivity contribution in [3.8, 4) is 11.1 Å². The summed E-state index contributed by atoms with van der Waals surface area (Å²) in [5.41, 5.74) is 10.4. The highest BCUT2D eigenvalue weighted by atomic mass is 32.1. The Kier molecular flexibility index (Phi) is 3.00. The van der Waals surface area contributed by atoms with Crippen LogP contribution in [0, 0.1) is 5.92 Å². The van der Waals surface area contributed by atoms with Crippen LogP contribution in [0.1, 0.15) is 23.8 Å². The second kappa shape index (κ2) is 4.88. The van der Waals surface area contributed by atoms with Crippen molar-refractivity contribution in [1.29, 1.82) is 0 Å². The lowest BCUT2D eigenvalue weighted by Crippen LogP contribution is -2.09. The van der Waals surface area contributed by atoms with Crippen LogP contribution in [-0.2, 0) is 12.8 Å². The van der Waals surface area contributed by atoms with E-state index in [4.69, 9.17) is 5.73 Å². The van der Waals surface area contributed by atoms with Crippen LogP contribution in [0.4, 0.5) is 5.00 Å². The topological polar surface area (TPSA) is 26.0 Å². The predicted octanol–water partition coefficient (Wildman–Crippen LogP) is 5.28. The van der Waals surface area contributed by atoms with Gasteiger partial charge in [-0.15, -0.1) is 11.3 Å². The molecule has 1 nitrogen and oxygen atoms in total. The first-order valence-corrected chi connectivity index (χ1v) is 8.43. The van der Waals surface area contributed by atoms with Crippen molar-refractivity contribution >= 4 is 27.1 Å². The summed E-state index contributed by atoms with van der Waals surface area (Å²) in [5.74, 6) is 0.792. The molecule has 3 aromatic rings. The van der Waals surface area contributed by atoms with Crippen molar-refractivity contribution < 1.29 is 0 Å². The first-order chi connectivity index (χ1) is 10.2. The van der Waals surface area contributed by atoms with Crippen LogP contribution >= 0.6 is 11.3 Å². The zero-order valence-corrected chi connectivity index (χ0v) is 13.0. The molecule has 1 aromatic heterocycles. The van der Waals surface area contributed by atoms with Gasteiger partial charge in [-0.2, -0.15) is 0 Å². The summed E-state index contributed by atoms with van der Waals surface area (Å²) >= 11 is 1.80. The number of anilines is 1. The lowest BCUT2D eigenvalue weighted by Gasteiger charge is -2.19. The van der Waals surface area contributed by atoms with Gasteiger partial charge in [-0.25, -0.2) is 0 Å². The van der Waals surface area contributed by atoms with E-state index in [1.165, 1.54) is 51.6 Å². The van der Waals surface area contributed by atoms with Gasteiger partial charge in [0.05, 0.1) is 5.00 Å². The molecule has 1 unspecified atom stereocenters. The number of hydrogen-bond acceptors (Lipinski definition) is 2. The molecule has 0 fully saturated rings. The van der Waals surface area contributed by atoms with E-state index < -0.39 is 0 Å². The summed E-state index contributed by atoms with van der Waals surface area (Å²) < 4.78 is 0. The zero-order chi connectivity index (χ0) is 14.4. The van der Waals surface area contributed by atoms with Crippen LogP contribution in [-0.4, -0.2) is 0 Å². The Bertz CT molecular complexity index is 816. The first kappa shape index (κ1) is 12.9. The molecule has 0 aliphatic heterocycles. The molecular weight excluding hydrogens is 274 g/mol. The Hall–Kier alpha value is -1.80. The molecule has 21 heavy (non-hydrogen) atoms. The largest absolute Gasteiger partial charge is 0.390 e. The van der Waals surface area contributed by atoms with E-state index in [0.29, 0.717) is 0 Å². The van der Waals surface area contributed by atoms with E-state index in [2.05, 4.69) is 49.4 Å². The SMILES string of the molecule is CC1CCc2c(sc(N)c2-c2ccc3ccccc3c2)C1. The summed E-state index contributed by atoms with van der Waals surface area (Å²) in [5, 5.41) is 3.57. The van der Waals surface area contributed by atoms with Gasteiger partial charge in [0, 0.05) is 10.4 Å². The molecule has 0 radical (unpaired) electrons. The van der Waals surface area contributed by atoms with E-state index in [-0.39, 0.29) is 0 Å². The second-order valence-electron chi connectivity index (χ2n) is 6.15. The summed E-state index contributed by atoms with van der Waals surface area (Å²) in [6.07, 6.45) is 3.65. The molecule has 0 bridgehead atoms. The average Bonchev–Trinajstić information content (AvgIpc) is 2.81. The molecule has 1 aliphatic carbocycles. The highest BCUT2D eigenvalue weighted by molar-refractivity contribution is 7.16. The Labute approximate surface area is 129 Å². The maximum Gasteiger partial charge on any atom is 0.0941 e. The number of rotatable bonds is 1. The monoisotopic (exact) mass is 293 g/mol. The lowest BCUT2D eigenvalue weighted by molar-refractivity contribution is 0.508. The quantitative estimate of drug-likeness (QED) is 0.649. The number of fused-ring (bicyclic) bond motifs is 2. The van der Waals surface area contributed by atoms with Gasteiger partial charge in [-0.1, -0.05) is 43.3 Å². The van der Waals surface area contributed by atoms with Crippen LogP contribution in [0.5, 0.6) is 0 Å². The molecule has 1 atom stereocenters. The van der Waals surface area contributed by atoms with E-state index in [0.717, 1.165) is 10.9 Å². The van der Waals surface area contributed by atoms with Crippen molar-refractivity contribution in [1.82, 2.24) is 0 Å². The van der Waals surface area contributed by atoms with E-state index in [1.807, 2.05) is 0 Å². The smallest absolute Gasteiger partial charge is 0.0941 e. The zero-order valence-electron chi connectivity index (χ0n) is 12.2. The fourth-order valence-corrected chi connectivity index (χ4v) is 4.74. The molecule has 0 saturated carbocycles. The van der Waals surface area contributed by atoms with Gasteiger partial charge < -0.3 is 5.73 Å². The maximum absolute atomic E-state index is 6.36. The van der Waals surface area contributed by atoms with Gasteiger partial charge >= 0.3 is 0 Å². The third-order valence-corrected chi connectivity index (χ3v) is 5.66. The standard InChI is InChI=1S/C19H19NS/c1-12-6-9-16-17(10-12)21-19(20)18(16)15-8-7-13-4-2-3-5-14(13)11-15/h2-5,7-8,11-12H,6,9-10,20H2,1H3. The first-order valence-electron chi connectivity index (χ1n) is 7.61. The number of nitrogen functional groups attached to an aromatic ring is 1. The molecular formula is C19H19NS. The Morgan fingerprint density at radius 3 is 2.76 bits per heavy atom. The molecule has 0 amide bonds. The molecule has 1 heterocycles. The third kappa shape index (κ3) is 2.14. The minimum Gasteiger partial charge on any atom is -0.390 e. The van der Waals surface area contributed by atoms with E-state index in [1.54, 1.807) is 11.3 Å². The molecule has 1 aliphatic rings. The summed E-state index contributed by atoms with van der Waals surface area (Å²) in [4.78, 5) is 1.51. The van der Waals surface area contributed by atoms with Gasteiger partial charge in [-0.3, -0.25) is 0 Å². The van der Waals surface area contributed by atoms with Crippen LogP contribution in [0.25, 0.3) is 21.9 Å². The van der Waals surface area contributed by atoms with Crippen LogP contribution in [0.2, 0.25) is 0 Å². The minimum atomic E-state index is 0.792. The minimum absolute atomic E-state index is 0.792. The van der Waals surface area contributed by atoms with Gasteiger partial charge in [0.25, 0.3) is 0 Å². The molecule has 2 heteroatoms. The molecule has 106 valence electrons. The summed E-state index contributed by atoms with van der Waals surface area (Å²) in [6.45, 7) is 2.34. The summed E-state index contributed by atoms with van der Waals surface area (Å²) in [6, 6.07) is 15.2. The van der Waals surface area contributed by atoms with Gasteiger partial charge in [0.1, 0.15) is 0 Å². The fraction of sp³-hybridized carbons (Fsp3) is 0.263. The van der Waals surface area contributed by atoms with Crippen LogP contribution < -0.4 is 5.73 Å². The Morgan fingerprint density at radius 1 is 1.10 bits per heavy atom. The molecule has 0 spiro atoms. The molecule has 2 N–H and O–H groups in total. The number of thiophene rings is 1. The number of hydrogen-bond donors (Lipinski definition) is 1. The van der Waals surface area contributed by atoms with Crippen molar-refractivity contribution in [2.45, 2.75) is 26.2 Å². The van der Waals surface area contributed by atoms with Crippen LogP contribution in [0.15, 0.2) is 42.5 Å². The molecule has 2 aromatic carbocycles. The Balaban J connectivity index is 1.88. The van der Waals surface area contributed by atoms with Crippen molar-refractivity contribution in [2.24, 2.45) is 5.92 Å². The molecule has 4 rings (SSSR count). The van der Waals surface area contributed by atoms with E-state index >= 15 is 0 Å². The normalized spacial score (nSPS) is 17.9. The van der Waals surface area contributed by atoms with Crippen molar-refractivity contribution in [2.75, 3.05) is 5.73 Å².